The van der Waals surface area contributed by atoms with Crippen molar-refractivity contribution in [2.45, 2.75) is 19.0 Å². The Morgan fingerprint density at radius 3 is 2.38 bits per heavy atom. The van der Waals surface area contributed by atoms with Gasteiger partial charge in [-0.25, -0.2) is 9.97 Å². The normalized spacial score (nSPS) is 10.4. The van der Waals surface area contributed by atoms with Crippen LogP contribution in [0.15, 0.2) is 35.5 Å². The molecule has 0 bridgehead atoms. The smallest absolute Gasteiger partial charge is 0.191 e. The van der Waals surface area contributed by atoms with Crippen molar-refractivity contribution >= 4 is 34.8 Å². The molecular formula is C15H21N5S. The van der Waals surface area contributed by atoms with Gasteiger partial charge >= 0.3 is 0 Å². The Labute approximate surface area is 130 Å². The second-order valence-electron chi connectivity index (χ2n) is 4.51. The minimum atomic E-state index is 0.469. The van der Waals surface area contributed by atoms with Gasteiger partial charge in [0.1, 0.15) is 11.6 Å². The van der Waals surface area contributed by atoms with Gasteiger partial charge in [-0.05, 0) is 44.4 Å². The molecule has 0 atom stereocenters. The summed E-state index contributed by atoms with van der Waals surface area (Å²) >= 11 is 1.47. The number of aromatic nitrogens is 2. The van der Waals surface area contributed by atoms with E-state index in [2.05, 4.69) is 46.2 Å². The lowest BCUT2D eigenvalue weighted by Gasteiger charge is -2.21. The van der Waals surface area contributed by atoms with E-state index in [1.807, 2.05) is 18.4 Å². The van der Waals surface area contributed by atoms with Gasteiger partial charge in [-0.2, -0.15) is 0 Å². The molecule has 2 aromatic rings. The number of hydrogen-bond donors (Lipinski definition) is 2. The van der Waals surface area contributed by atoms with Crippen molar-refractivity contribution in [3.63, 3.8) is 0 Å². The highest BCUT2D eigenvalue weighted by molar-refractivity contribution is 7.98. The van der Waals surface area contributed by atoms with Gasteiger partial charge in [-0.3, -0.25) is 0 Å². The van der Waals surface area contributed by atoms with Crippen molar-refractivity contribution in [1.82, 2.24) is 9.97 Å². The van der Waals surface area contributed by atoms with E-state index >= 15 is 0 Å². The Balaban J connectivity index is 2.15. The van der Waals surface area contributed by atoms with Gasteiger partial charge < -0.3 is 16.0 Å². The molecule has 0 aliphatic rings. The molecule has 0 spiro atoms. The number of nitrogens with zero attached hydrogens (tertiary/aromatic N) is 3. The SMILES string of the molecule is CCN(CC)c1ccc(Nc2cc(N)nc(SC)n2)cc1. The van der Waals surface area contributed by atoms with Crippen LogP contribution in [-0.2, 0) is 0 Å². The molecule has 0 aliphatic heterocycles. The van der Waals surface area contributed by atoms with E-state index in [4.69, 9.17) is 5.73 Å². The van der Waals surface area contributed by atoms with Crippen LogP contribution in [0.5, 0.6) is 0 Å². The fourth-order valence-electron chi connectivity index (χ4n) is 2.09. The number of thioether (sulfide) groups is 1. The van der Waals surface area contributed by atoms with E-state index in [0.29, 0.717) is 16.8 Å². The summed E-state index contributed by atoms with van der Waals surface area (Å²) in [6, 6.07) is 10.0. The van der Waals surface area contributed by atoms with Crippen LogP contribution in [0.2, 0.25) is 0 Å². The highest BCUT2D eigenvalue weighted by atomic mass is 32.2. The molecule has 0 fully saturated rings. The van der Waals surface area contributed by atoms with E-state index in [1.165, 1.54) is 17.4 Å². The summed E-state index contributed by atoms with van der Waals surface area (Å²) in [4.78, 5) is 10.8. The van der Waals surface area contributed by atoms with Crippen molar-refractivity contribution < 1.29 is 0 Å². The Hall–Kier alpha value is -1.95. The minimum Gasteiger partial charge on any atom is -0.383 e. The third kappa shape index (κ3) is 4.01. The molecule has 0 saturated heterocycles. The van der Waals surface area contributed by atoms with Crippen LogP contribution in [0, 0.1) is 0 Å². The number of nitrogen functional groups attached to an aromatic ring is 1. The number of hydrogen-bond acceptors (Lipinski definition) is 6. The molecule has 112 valence electrons. The summed E-state index contributed by atoms with van der Waals surface area (Å²) in [6.45, 7) is 6.32. The highest BCUT2D eigenvalue weighted by Gasteiger charge is 2.04. The van der Waals surface area contributed by atoms with Crippen molar-refractivity contribution in [2.75, 3.05) is 35.3 Å². The maximum Gasteiger partial charge on any atom is 0.191 e. The zero-order chi connectivity index (χ0) is 15.2. The first-order valence-electron chi connectivity index (χ1n) is 6.96. The summed E-state index contributed by atoms with van der Waals surface area (Å²) in [5, 5.41) is 3.92. The lowest BCUT2D eigenvalue weighted by molar-refractivity contribution is 0.866. The minimum absolute atomic E-state index is 0.469. The third-order valence-corrected chi connectivity index (χ3v) is 3.72. The fourth-order valence-corrected chi connectivity index (χ4v) is 2.48. The lowest BCUT2D eigenvalue weighted by atomic mass is 10.2. The molecule has 0 aliphatic carbocycles. The Morgan fingerprint density at radius 1 is 1.14 bits per heavy atom. The van der Waals surface area contributed by atoms with Crippen molar-refractivity contribution in [3.05, 3.63) is 30.3 Å². The molecular weight excluding hydrogens is 282 g/mol. The van der Waals surface area contributed by atoms with Crippen LogP contribution >= 0.6 is 11.8 Å². The second-order valence-corrected chi connectivity index (χ2v) is 5.28. The zero-order valence-electron chi connectivity index (χ0n) is 12.6. The van der Waals surface area contributed by atoms with Gasteiger partial charge in [-0.15, -0.1) is 0 Å². The van der Waals surface area contributed by atoms with E-state index in [1.54, 1.807) is 6.07 Å². The molecule has 0 saturated carbocycles. The number of rotatable bonds is 6. The van der Waals surface area contributed by atoms with Gasteiger partial charge in [0.2, 0.25) is 0 Å². The molecule has 0 unspecified atom stereocenters. The number of anilines is 4. The Kier molecular flexibility index (Phi) is 5.27. The van der Waals surface area contributed by atoms with E-state index in [-0.39, 0.29) is 0 Å². The van der Waals surface area contributed by atoms with Gasteiger partial charge in [-0.1, -0.05) is 11.8 Å². The number of benzene rings is 1. The summed E-state index contributed by atoms with van der Waals surface area (Å²) < 4.78 is 0. The van der Waals surface area contributed by atoms with Crippen LogP contribution in [-0.4, -0.2) is 29.3 Å². The van der Waals surface area contributed by atoms with Crippen LogP contribution in [0.1, 0.15) is 13.8 Å². The second kappa shape index (κ2) is 7.17. The fraction of sp³-hybridized carbons (Fsp3) is 0.333. The van der Waals surface area contributed by atoms with Crippen molar-refractivity contribution in [2.24, 2.45) is 0 Å². The van der Waals surface area contributed by atoms with Crippen LogP contribution in [0.25, 0.3) is 0 Å². The van der Waals surface area contributed by atoms with Gasteiger partial charge in [0.05, 0.1) is 0 Å². The van der Waals surface area contributed by atoms with Crippen molar-refractivity contribution in [1.29, 1.82) is 0 Å². The molecule has 2 rings (SSSR count). The molecule has 6 heteroatoms. The Bertz CT molecular complexity index is 581. The first-order chi connectivity index (χ1) is 10.2. The number of nitrogens with one attached hydrogen (secondary N) is 1. The Morgan fingerprint density at radius 2 is 1.81 bits per heavy atom. The molecule has 1 heterocycles. The number of nitrogens with two attached hydrogens (primary N) is 1. The maximum atomic E-state index is 5.78. The van der Waals surface area contributed by atoms with E-state index in [9.17, 15) is 0 Å². The molecule has 3 N–H and O–H groups in total. The van der Waals surface area contributed by atoms with Crippen LogP contribution in [0.3, 0.4) is 0 Å². The molecule has 5 nitrogen and oxygen atoms in total. The summed E-state index contributed by atoms with van der Waals surface area (Å²) in [6.07, 6.45) is 1.93. The first-order valence-corrected chi connectivity index (χ1v) is 8.19. The topological polar surface area (TPSA) is 67.1 Å². The molecule has 0 radical (unpaired) electrons. The average Bonchev–Trinajstić information content (AvgIpc) is 2.49. The van der Waals surface area contributed by atoms with E-state index in [0.717, 1.165) is 18.8 Å². The quantitative estimate of drug-likeness (QED) is 0.630. The maximum absolute atomic E-state index is 5.78. The van der Waals surface area contributed by atoms with Gasteiger partial charge in [0, 0.05) is 30.5 Å². The molecule has 1 aromatic heterocycles. The van der Waals surface area contributed by atoms with Gasteiger partial charge in [0.25, 0.3) is 0 Å². The predicted molar refractivity (Wildman–Crippen MR) is 91.5 cm³/mol. The van der Waals surface area contributed by atoms with Crippen LogP contribution in [0.4, 0.5) is 23.0 Å². The van der Waals surface area contributed by atoms with Crippen LogP contribution < -0.4 is 16.0 Å². The first kappa shape index (κ1) is 15.4. The highest BCUT2D eigenvalue weighted by Crippen LogP contribution is 2.22. The summed E-state index contributed by atoms with van der Waals surface area (Å²) in [5.74, 6) is 1.18. The summed E-state index contributed by atoms with van der Waals surface area (Å²) in [5.41, 5.74) is 7.98. The lowest BCUT2D eigenvalue weighted by Crippen LogP contribution is -2.21. The predicted octanol–water partition coefficient (Wildman–Crippen LogP) is 3.37. The van der Waals surface area contributed by atoms with Crippen molar-refractivity contribution in [3.8, 4) is 0 Å². The standard InChI is InChI=1S/C15H21N5S/c1-4-20(5-2)12-8-6-11(7-9-12)17-14-10-13(16)18-15(19-14)21-3/h6-10H,4-5H2,1-3H3,(H3,16,17,18,19). The third-order valence-electron chi connectivity index (χ3n) is 3.18. The monoisotopic (exact) mass is 303 g/mol. The largest absolute Gasteiger partial charge is 0.383 e. The molecule has 1 aromatic carbocycles. The van der Waals surface area contributed by atoms with E-state index < -0.39 is 0 Å². The van der Waals surface area contributed by atoms with Gasteiger partial charge in [0.15, 0.2) is 5.16 Å². The average molecular weight is 303 g/mol. The zero-order valence-corrected chi connectivity index (χ0v) is 13.4. The molecule has 0 amide bonds. The molecule has 21 heavy (non-hydrogen) atoms. The summed E-state index contributed by atoms with van der Waals surface area (Å²) in [7, 11) is 0.